The Kier molecular flexibility index (Phi) is 3.01. The van der Waals surface area contributed by atoms with Crippen LogP contribution in [0.25, 0.3) is 0 Å². The highest BCUT2D eigenvalue weighted by molar-refractivity contribution is 5.44. The zero-order valence-corrected chi connectivity index (χ0v) is 8.85. The van der Waals surface area contributed by atoms with E-state index in [-0.39, 0.29) is 12.6 Å². The van der Waals surface area contributed by atoms with Crippen LogP contribution in [-0.4, -0.2) is 41.3 Å². The number of aliphatic hydroxyl groups is 1. The van der Waals surface area contributed by atoms with Gasteiger partial charge in [0.05, 0.1) is 12.6 Å². The number of anilines is 2. The second-order valence-corrected chi connectivity index (χ2v) is 3.66. The molecule has 1 aliphatic rings. The van der Waals surface area contributed by atoms with Crippen LogP contribution in [0.3, 0.4) is 0 Å². The Hall–Kier alpha value is -1.36. The van der Waals surface area contributed by atoms with Gasteiger partial charge in [0.25, 0.3) is 0 Å². The molecule has 0 aliphatic carbocycles. The van der Waals surface area contributed by atoms with E-state index in [9.17, 15) is 5.11 Å². The zero-order chi connectivity index (χ0) is 10.7. The van der Waals surface area contributed by atoms with Crippen molar-refractivity contribution in [2.75, 3.05) is 30.4 Å². The summed E-state index contributed by atoms with van der Waals surface area (Å²) in [6, 6.07) is 2.10. The van der Waals surface area contributed by atoms with Gasteiger partial charge >= 0.3 is 0 Å². The summed E-state index contributed by atoms with van der Waals surface area (Å²) in [6.07, 6.45) is 3.89. The van der Waals surface area contributed by atoms with Gasteiger partial charge in [-0.05, 0) is 18.9 Å². The van der Waals surface area contributed by atoms with E-state index < -0.39 is 0 Å². The first kappa shape index (κ1) is 10.2. The summed E-state index contributed by atoms with van der Waals surface area (Å²) in [7, 11) is 1.80. The van der Waals surface area contributed by atoms with Crippen LogP contribution < -0.4 is 10.2 Å². The Labute approximate surface area is 89.2 Å². The monoisotopic (exact) mass is 208 g/mol. The summed E-state index contributed by atoms with van der Waals surface area (Å²) >= 11 is 0. The predicted molar refractivity (Wildman–Crippen MR) is 59.0 cm³/mol. The van der Waals surface area contributed by atoms with Gasteiger partial charge in [-0.25, -0.2) is 4.98 Å². The minimum Gasteiger partial charge on any atom is -0.394 e. The molecule has 0 spiro atoms. The van der Waals surface area contributed by atoms with Gasteiger partial charge in [-0.2, -0.15) is 4.98 Å². The molecule has 1 aromatic heterocycles. The minimum absolute atomic E-state index is 0.193. The molecule has 82 valence electrons. The summed E-state index contributed by atoms with van der Waals surface area (Å²) in [5.74, 6) is 1.52. The summed E-state index contributed by atoms with van der Waals surface area (Å²) < 4.78 is 0. The standard InChI is InChI=1S/C10H16N4O/c1-11-10-12-5-4-9(13-10)14-6-2-3-8(14)7-15/h4-5,8,15H,2-3,6-7H2,1H3,(H,11,12,13)/t8-/m1/s1. The molecule has 2 N–H and O–H groups in total. The van der Waals surface area contributed by atoms with Crippen molar-refractivity contribution in [1.82, 2.24) is 9.97 Å². The Bertz CT molecular complexity index is 331. The zero-order valence-electron chi connectivity index (χ0n) is 8.85. The van der Waals surface area contributed by atoms with Gasteiger partial charge in [0.2, 0.25) is 5.95 Å². The maximum atomic E-state index is 9.22. The van der Waals surface area contributed by atoms with Crippen molar-refractivity contribution < 1.29 is 5.11 Å². The number of aliphatic hydroxyl groups excluding tert-OH is 1. The fourth-order valence-electron chi connectivity index (χ4n) is 1.96. The van der Waals surface area contributed by atoms with E-state index in [2.05, 4.69) is 20.2 Å². The van der Waals surface area contributed by atoms with Crippen LogP contribution in [-0.2, 0) is 0 Å². The SMILES string of the molecule is CNc1nccc(N2CCC[C@@H]2CO)n1. The van der Waals surface area contributed by atoms with Gasteiger partial charge in [-0.15, -0.1) is 0 Å². The van der Waals surface area contributed by atoms with Crippen LogP contribution in [0.1, 0.15) is 12.8 Å². The normalized spacial score (nSPS) is 20.7. The van der Waals surface area contributed by atoms with Gasteiger partial charge in [0.1, 0.15) is 5.82 Å². The van der Waals surface area contributed by atoms with Gasteiger partial charge in [-0.1, -0.05) is 0 Å². The van der Waals surface area contributed by atoms with Crippen LogP contribution in [0.2, 0.25) is 0 Å². The Morgan fingerprint density at radius 2 is 2.53 bits per heavy atom. The molecule has 1 aromatic rings. The molecular formula is C10H16N4O. The molecule has 1 fully saturated rings. The summed E-state index contributed by atoms with van der Waals surface area (Å²) in [4.78, 5) is 10.6. The molecule has 2 heterocycles. The van der Waals surface area contributed by atoms with E-state index in [0.29, 0.717) is 5.95 Å². The highest BCUT2D eigenvalue weighted by atomic mass is 16.3. The van der Waals surface area contributed by atoms with Crippen LogP contribution in [0.15, 0.2) is 12.3 Å². The molecule has 0 saturated carbocycles. The van der Waals surface area contributed by atoms with E-state index in [1.165, 1.54) is 0 Å². The first-order valence-electron chi connectivity index (χ1n) is 5.23. The third-order valence-corrected chi connectivity index (χ3v) is 2.75. The number of rotatable bonds is 3. The predicted octanol–water partition coefficient (Wildman–Crippen LogP) is 0.479. The van der Waals surface area contributed by atoms with E-state index in [1.54, 1.807) is 13.2 Å². The van der Waals surface area contributed by atoms with Gasteiger partial charge in [0, 0.05) is 19.8 Å². The summed E-state index contributed by atoms with van der Waals surface area (Å²) in [5, 5.41) is 12.1. The van der Waals surface area contributed by atoms with Crippen molar-refractivity contribution in [2.45, 2.75) is 18.9 Å². The highest BCUT2D eigenvalue weighted by Gasteiger charge is 2.24. The second-order valence-electron chi connectivity index (χ2n) is 3.66. The Morgan fingerprint density at radius 1 is 1.67 bits per heavy atom. The van der Waals surface area contributed by atoms with Crippen molar-refractivity contribution in [3.63, 3.8) is 0 Å². The lowest BCUT2D eigenvalue weighted by Crippen LogP contribution is -2.32. The fraction of sp³-hybridized carbons (Fsp3) is 0.600. The van der Waals surface area contributed by atoms with Crippen LogP contribution in [0.5, 0.6) is 0 Å². The second kappa shape index (κ2) is 4.44. The van der Waals surface area contributed by atoms with E-state index >= 15 is 0 Å². The number of hydrogen-bond donors (Lipinski definition) is 2. The number of nitrogens with zero attached hydrogens (tertiary/aromatic N) is 3. The maximum absolute atomic E-state index is 9.22. The average Bonchev–Trinajstić information content (AvgIpc) is 2.77. The number of hydrogen-bond acceptors (Lipinski definition) is 5. The van der Waals surface area contributed by atoms with Crippen LogP contribution in [0, 0.1) is 0 Å². The van der Waals surface area contributed by atoms with Crippen LogP contribution in [0.4, 0.5) is 11.8 Å². The molecule has 0 radical (unpaired) electrons. The van der Waals surface area contributed by atoms with Crippen LogP contribution >= 0.6 is 0 Å². The molecule has 1 saturated heterocycles. The molecule has 5 nitrogen and oxygen atoms in total. The molecule has 1 aliphatic heterocycles. The molecule has 2 rings (SSSR count). The third-order valence-electron chi connectivity index (χ3n) is 2.75. The van der Waals surface area contributed by atoms with Crippen molar-refractivity contribution in [1.29, 1.82) is 0 Å². The third kappa shape index (κ3) is 2.02. The van der Waals surface area contributed by atoms with Crippen molar-refractivity contribution in [3.8, 4) is 0 Å². The summed E-state index contributed by atoms with van der Waals surface area (Å²) in [5.41, 5.74) is 0. The van der Waals surface area contributed by atoms with E-state index in [0.717, 1.165) is 25.2 Å². The van der Waals surface area contributed by atoms with Crippen molar-refractivity contribution in [3.05, 3.63) is 12.3 Å². The summed E-state index contributed by atoms with van der Waals surface area (Å²) in [6.45, 7) is 1.16. The molecule has 0 unspecified atom stereocenters. The molecule has 5 heteroatoms. The average molecular weight is 208 g/mol. The van der Waals surface area contributed by atoms with Crippen molar-refractivity contribution >= 4 is 11.8 Å². The van der Waals surface area contributed by atoms with Gasteiger partial charge < -0.3 is 15.3 Å². The topological polar surface area (TPSA) is 61.3 Å². The maximum Gasteiger partial charge on any atom is 0.224 e. The lowest BCUT2D eigenvalue weighted by atomic mass is 10.2. The molecule has 0 aromatic carbocycles. The van der Waals surface area contributed by atoms with Crippen molar-refractivity contribution in [2.24, 2.45) is 0 Å². The molecule has 15 heavy (non-hydrogen) atoms. The Balaban J connectivity index is 2.20. The smallest absolute Gasteiger partial charge is 0.224 e. The molecule has 0 bridgehead atoms. The van der Waals surface area contributed by atoms with E-state index in [4.69, 9.17) is 0 Å². The van der Waals surface area contributed by atoms with E-state index in [1.807, 2.05) is 6.07 Å². The lowest BCUT2D eigenvalue weighted by Gasteiger charge is -2.24. The van der Waals surface area contributed by atoms with Gasteiger partial charge in [-0.3, -0.25) is 0 Å². The Morgan fingerprint density at radius 3 is 3.27 bits per heavy atom. The number of nitrogens with one attached hydrogen (secondary N) is 1. The largest absolute Gasteiger partial charge is 0.394 e. The number of aromatic nitrogens is 2. The first-order chi connectivity index (χ1) is 7.35. The highest BCUT2D eigenvalue weighted by Crippen LogP contribution is 2.23. The molecule has 0 amide bonds. The molecule has 1 atom stereocenters. The quantitative estimate of drug-likeness (QED) is 0.756. The van der Waals surface area contributed by atoms with Gasteiger partial charge in [0.15, 0.2) is 0 Å². The first-order valence-corrected chi connectivity index (χ1v) is 5.23. The minimum atomic E-state index is 0.193. The molecular weight excluding hydrogens is 192 g/mol. The fourth-order valence-corrected chi connectivity index (χ4v) is 1.96. The lowest BCUT2D eigenvalue weighted by molar-refractivity contribution is 0.266.